The molecule has 0 spiro atoms. The van der Waals surface area contributed by atoms with E-state index in [-0.39, 0.29) is 11.6 Å². The Labute approximate surface area is 107 Å². The van der Waals surface area contributed by atoms with E-state index >= 15 is 0 Å². The smallest absolute Gasteiger partial charge is 0.215 e. The van der Waals surface area contributed by atoms with E-state index in [1.807, 2.05) is 12.1 Å². The standard InChI is InChI=1S/C11H16ClNO3S/c1-13(17(14,15)8-7-12)9-10-3-5-11(16-2)6-4-10/h3-6H,7-9H2,1-2H3. The molecule has 1 rings (SSSR count). The molecule has 0 radical (unpaired) electrons. The largest absolute Gasteiger partial charge is 0.497 e. The zero-order valence-corrected chi connectivity index (χ0v) is 11.5. The monoisotopic (exact) mass is 277 g/mol. The SMILES string of the molecule is COc1ccc(CN(C)S(=O)(=O)CCCl)cc1. The number of sulfonamides is 1. The summed E-state index contributed by atoms with van der Waals surface area (Å²) in [7, 11) is -0.117. The second-order valence-electron chi connectivity index (χ2n) is 3.61. The molecule has 4 nitrogen and oxygen atoms in total. The molecule has 0 N–H and O–H groups in total. The van der Waals surface area contributed by atoms with Gasteiger partial charge in [-0.1, -0.05) is 12.1 Å². The third-order valence-electron chi connectivity index (χ3n) is 2.37. The lowest BCUT2D eigenvalue weighted by Gasteiger charge is -2.16. The number of alkyl halides is 1. The van der Waals surface area contributed by atoms with Gasteiger partial charge in [-0.3, -0.25) is 0 Å². The van der Waals surface area contributed by atoms with Crippen molar-refractivity contribution in [1.82, 2.24) is 4.31 Å². The number of ether oxygens (including phenoxy) is 1. The predicted molar refractivity (Wildman–Crippen MR) is 69.0 cm³/mol. The average Bonchev–Trinajstić information content (AvgIpc) is 2.30. The quantitative estimate of drug-likeness (QED) is 0.744. The minimum Gasteiger partial charge on any atom is -0.497 e. The van der Waals surface area contributed by atoms with E-state index in [1.165, 1.54) is 4.31 Å². The predicted octanol–water partition coefficient (Wildman–Crippen LogP) is 1.70. The van der Waals surface area contributed by atoms with E-state index in [0.717, 1.165) is 11.3 Å². The molecule has 0 atom stereocenters. The summed E-state index contributed by atoms with van der Waals surface area (Å²) >= 11 is 5.45. The zero-order valence-electron chi connectivity index (χ0n) is 9.89. The first-order valence-electron chi connectivity index (χ1n) is 5.12. The molecule has 96 valence electrons. The highest BCUT2D eigenvalue weighted by atomic mass is 35.5. The number of halogens is 1. The van der Waals surface area contributed by atoms with E-state index in [4.69, 9.17) is 16.3 Å². The van der Waals surface area contributed by atoms with Crippen molar-refractivity contribution in [2.75, 3.05) is 25.8 Å². The molecule has 1 aromatic rings. The number of benzene rings is 1. The van der Waals surface area contributed by atoms with Crippen LogP contribution >= 0.6 is 11.6 Å². The van der Waals surface area contributed by atoms with Crippen LogP contribution in [0.5, 0.6) is 5.75 Å². The van der Waals surface area contributed by atoms with Crippen molar-refractivity contribution >= 4 is 21.6 Å². The van der Waals surface area contributed by atoms with Gasteiger partial charge in [0.25, 0.3) is 0 Å². The molecule has 0 aliphatic heterocycles. The fourth-order valence-corrected chi connectivity index (χ4v) is 2.78. The van der Waals surface area contributed by atoms with Gasteiger partial charge in [0.15, 0.2) is 0 Å². The first-order chi connectivity index (χ1) is 7.99. The van der Waals surface area contributed by atoms with E-state index < -0.39 is 10.0 Å². The van der Waals surface area contributed by atoms with Crippen LogP contribution in [0.15, 0.2) is 24.3 Å². The number of methoxy groups -OCH3 is 1. The lowest BCUT2D eigenvalue weighted by atomic mass is 10.2. The van der Waals surface area contributed by atoms with E-state index in [0.29, 0.717) is 6.54 Å². The molecule has 17 heavy (non-hydrogen) atoms. The van der Waals surface area contributed by atoms with Crippen LogP contribution in [0.2, 0.25) is 0 Å². The molecule has 0 saturated carbocycles. The summed E-state index contributed by atoms with van der Waals surface area (Å²) in [5.41, 5.74) is 0.909. The van der Waals surface area contributed by atoms with Crippen LogP contribution in [-0.2, 0) is 16.6 Å². The highest BCUT2D eigenvalue weighted by Gasteiger charge is 2.16. The Morgan fingerprint density at radius 3 is 2.35 bits per heavy atom. The van der Waals surface area contributed by atoms with Crippen molar-refractivity contribution in [2.24, 2.45) is 0 Å². The van der Waals surface area contributed by atoms with Gasteiger partial charge in [0.05, 0.1) is 12.9 Å². The Hall–Kier alpha value is -0.780. The molecule has 0 saturated heterocycles. The molecular formula is C11H16ClNO3S. The van der Waals surface area contributed by atoms with Gasteiger partial charge >= 0.3 is 0 Å². The second-order valence-corrected chi connectivity index (χ2v) is 6.18. The third-order valence-corrected chi connectivity index (χ3v) is 4.59. The summed E-state index contributed by atoms with van der Waals surface area (Å²) in [6.07, 6.45) is 0. The number of rotatable bonds is 6. The van der Waals surface area contributed by atoms with Gasteiger partial charge in [0, 0.05) is 19.5 Å². The molecule has 0 amide bonds. The van der Waals surface area contributed by atoms with Crippen LogP contribution in [-0.4, -0.2) is 38.5 Å². The molecule has 0 heterocycles. The Balaban J connectivity index is 2.70. The van der Waals surface area contributed by atoms with Gasteiger partial charge in [-0.25, -0.2) is 12.7 Å². The maximum Gasteiger partial charge on any atom is 0.215 e. The summed E-state index contributed by atoms with van der Waals surface area (Å²) in [5.74, 6) is 0.816. The van der Waals surface area contributed by atoms with Crippen LogP contribution in [0, 0.1) is 0 Å². The van der Waals surface area contributed by atoms with Gasteiger partial charge in [-0.2, -0.15) is 0 Å². The van der Waals surface area contributed by atoms with Crippen molar-refractivity contribution in [2.45, 2.75) is 6.54 Å². The van der Waals surface area contributed by atoms with Gasteiger partial charge < -0.3 is 4.74 Å². The summed E-state index contributed by atoms with van der Waals surface area (Å²) in [4.78, 5) is 0. The summed E-state index contributed by atoms with van der Waals surface area (Å²) < 4.78 is 29.7. The topological polar surface area (TPSA) is 46.6 Å². The first-order valence-corrected chi connectivity index (χ1v) is 7.27. The summed E-state index contributed by atoms with van der Waals surface area (Å²) in [6, 6.07) is 7.28. The van der Waals surface area contributed by atoms with Crippen molar-refractivity contribution in [3.63, 3.8) is 0 Å². The highest BCUT2D eigenvalue weighted by Crippen LogP contribution is 2.13. The Kier molecular flexibility index (Phi) is 5.24. The van der Waals surface area contributed by atoms with Gasteiger partial charge in [0.1, 0.15) is 5.75 Å². The van der Waals surface area contributed by atoms with Gasteiger partial charge in [-0.05, 0) is 17.7 Å². The minimum atomic E-state index is -3.25. The van der Waals surface area contributed by atoms with Crippen molar-refractivity contribution in [3.8, 4) is 5.75 Å². The molecule has 0 aromatic heterocycles. The van der Waals surface area contributed by atoms with Crippen LogP contribution in [0.3, 0.4) is 0 Å². The van der Waals surface area contributed by atoms with Crippen LogP contribution < -0.4 is 4.74 Å². The fourth-order valence-electron chi connectivity index (χ4n) is 1.34. The second kappa shape index (κ2) is 6.23. The molecule has 1 aromatic carbocycles. The molecule has 0 unspecified atom stereocenters. The van der Waals surface area contributed by atoms with E-state index in [1.54, 1.807) is 26.3 Å². The van der Waals surface area contributed by atoms with E-state index in [9.17, 15) is 8.42 Å². The maximum absolute atomic E-state index is 11.7. The Bertz CT molecular complexity index is 444. The lowest BCUT2D eigenvalue weighted by Crippen LogP contribution is -2.29. The van der Waals surface area contributed by atoms with Crippen LogP contribution in [0.25, 0.3) is 0 Å². The van der Waals surface area contributed by atoms with Crippen molar-refractivity contribution in [3.05, 3.63) is 29.8 Å². The lowest BCUT2D eigenvalue weighted by molar-refractivity contribution is 0.414. The average molecular weight is 278 g/mol. The third kappa shape index (κ3) is 4.18. The molecule has 0 aliphatic rings. The molecule has 0 bridgehead atoms. The number of hydrogen-bond acceptors (Lipinski definition) is 3. The summed E-state index contributed by atoms with van der Waals surface area (Å²) in [5, 5.41) is 0. The van der Waals surface area contributed by atoms with E-state index in [2.05, 4.69) is 0 Å². The molecule has 0 aliphatic carbocycles. The fraction of sp³-hybridized carbons (Fsp3) is 0.455. The first kappa shape index (κ1) is 14.3. The number of nitrogens with zero attached hydrogens (tertiary/aromatic N) is 1. The van der Waals surface area contributed by atoms with Crippen molar-refractivity contribution in [1.29, 1.82) is 0 Å². The number of hydrogen-bond donors (Lipinski definition) is 0. The van der Waals surface area contributed by atoms with Crippen LogP contribution in [0.1, 0.15) is 5.56 Å². The molecule has 0 fully saturated rings. The highest BCUT2D eigenvalue weighted by molar-refractivity contribution is 7.89. The van der Waals surface area contributed by atoms with Crippen molar-refractivity contribution < 1.29 is 13.2 Å². The summed E-state index contributed by atoms with van der Waals surface area (Å²) in [6.45, 7) is 0.337. The maximum atomic E-state index is 11.7. The van der Waals surface area contributed by atoms with Gasteiger partial charge in [-0.15, -0.1) is 11.6 Å². The Morgan fingerprint density at radius 2 is 1.88 bits per heavy atom. The van der Waals surface area contributed by atoms with Gasteiger partial charge in [0.2, 0.25) is 10.0 Å². The molecule has 6 heteroatoms. The normalized spacial score (nSPS) is 11.8. The zero-order chi connectivity index (χ0) is 12.9. The minimum absolute atomic E-state index is 0.0405. The molecular weight excluding hydrogens is 262 g/mol. The van der Waals surface area contributed by atoms with Crippen LogP contribution in [0.4, 0.5) is 0 Å². The Morgan fingerprint density at radius 1 is 1.29 bits per heavy atom.